The topological polar surface area (TPSA) is 57.1 Å². The Bertz CT molecular complexity index is 854. The fourth-order valence-electron chi connectivity index (χ4n) is 2.51. The number of benzene rings is 2. The molecule has 0 saturated heterocycles. The molecule has 134 valence electrons. The molecule has 2 aromatic rings. The molecule has 0 aliphatic carbocycles. The van der Waals surface area contributed by atoms with Gasteiger partial charge in [-0.2, -0.15) is 0 Å². The summed E-state index contributed by atoms with van der Waals surface area (Å²) < 4.78 is 16.7. The van der Waals surface area contributed by atoms with Crippen LogP contribution in [0.5, 0.6) is 11.5 Å². The average Bonchev–Trinajstić information content (AvgIpc) is 2.98. The van der Waals surface area contributed by atoms with Crippen LogP contribution in [0.25, 0.3) is 6.08 Å². The first-order valence-corrected chi connectivity index (χ1v) is 8.58. The van der Waals surface area contributed by atoms with Crippen molar-refractivity contribution in [2.75, 3.05) is 6.61 Å². The number of nitrogens with zero attached hydrogens (tertiary/aromatic N) is 1. The van der Waals surface area contributed by atoms with Crippen molar-refractivity contribution in [3.05, 3.63) is 65.4 Å². The molecule has 1 aliphatic heterocycles. The molecular formula is C21H21NO4. The second-order valence-electron chi connectivity index (χ2n) is 6.01. The number of rotatable bonds is 6. The molecule has 1 aliphatic rings. The predicted molar refractivity (Wildman–Crippen MR) is 100 cm³/mol. The summed E-state index contributed by atoms with van der Waals surface area (Å²) in [5.74, 6) is 1.15. The van der Waals surface area contributed by atoms with Gasteiger partial charge in [0.2, 0.25) is 5.90 Å². The highest BCUT2D eigenvalue weighted by Crippen LogP contribution is 2.31. The number of hydrogen-bond acceptors (Lipinski definition) is 5. The van der Waals surface area contributed by atoms with Gasteiger partial charge in [0.15, 0.2) is 17.2 Å². The minimum Gasteiger partial charge on any atom is -0.490 e. The van der Waals surface area contributed by atoms with Crippen molar-refractivity contribution in [3.8, 4) is 11.5 Å². The molecule has 0 bridgehead atoms. The van der Waals surface area contributed by atoms with Crippen molar-refractivity contribution in [2.24, 2.45) is 4.99 Å². The number of aliphatic imine (C=N–C) groups is 1. The van der Waals surface area contributed by atoms with E-state index in [4.69, 9.17) is 14.2 Å². The minimum absolute atomic E-state index is 0.0428. The second kappa shape index (κ2) is 7.87. The highest BCUT2D eigenvalue weighted by atomic mass is 16.6. The van der Waals surface area contributed by atoms with E-state index in [9.17, 15) is 4.79 Å². The highest BCUT2D eigenvalue weighted by Gasteiger charge is 2.24. The van der Waals surface area contributed by atoms with Crippen molar-refractivity contribution < 1.29 is 19.0 Å². The zero-order valence-corrected chi connectivity index (χ0v) is 15.1. The van der Waals surface area contributed by atoms with E-state index in [-0.39, 0.29) is 11.8 Å². The Hall–Kier alpha value is -3.08. The summed E-state index contributed by atoms with van der Waals surface area (Å²) in [5.41, 5.74) is 1.80. The Balaban J connectivity index is 1.90. The van der Waals surface area contributed by atoms with Gasteiger partial charge >= 0.3 is 5.97 Å². The molecule has 0 aromatic heterocycles. The number of esters is 1. The SMILES string of the molecule is CCOc1cc(/C=C2\N=C(c3ccccc3)OC2=O)ccc1OC(C)C. The van der Waals surface area contributed by atoms with E-state index in [1.807, 2.05) is 69.3 Å². The molecule has 0 atom stereocenters. The van der Waals surface area contributed by atoms with Crippen LogP contribution in [0.15, 0.2) is 59.2 Å². The number of ether oxygens (including phenoxy) is 3. The first-order valence-electron chi connectivity index (χ1n) is 8.58. The van der Waals surface area contributed by atoms with Gasteiger partial charge in [-0.3, -0.25) is 0 Å². The lowest BCUT2D eigenvalue weighted by Crippen LogP contribution is -2.07. The maximum Gasteiger partial charge on any atom is 0.363 e. The zero-order chi connectivity index (χ0) is 18.5. The van der Waals surface area contributed by atoms with E-state index in [2.05, 4.69) is 4.99 Å². The lowest BCUT2D eigenvalue weighted by Gasteiger charge is -2.14. The molecular weight excluding hydrogens is 330 g/mol. The van der Waals surface area contributed by atoms with Crippen LogP contribution >= 0.6 is 0 Å². The number of carbonyl (C=O) groups is 1. The van der Waals surface area contributed by atoms with Gasteiger partial charge in [-0.1, -0.05) is 24.3 Å². The molecule has 0 saturated carbocycles. The second-order valence-corrected chi connectivity index (χ2v) is 6.01. The standard InChI is InChI=1S/C21H21NO4/c1-4-24-19-13-15(10-11-18(19)25-14(2)3)12-17-21(23)26-20(22-17)16-8-6-5-7-9-16/h5-14H,4H2,1-3H3/b17-12-. The molecule has 26 heavy (non-hydrogen) atoms. The van der Waals surface area contributed by atoms with Crippen LogP contribution in [0.3, 0.4) is 0 Å². The molecule has 5 nitrogen and oxygen atoms in total. The largest absolute Gasteiger partial charge is 0.490 e. The Morgan fingerprint density at radius 2 is 1.88 bits per heavy atom. The number of hydrogen-bond donors (Lipinski definition) is 0. The number of cyclic esters (lactones) is 1. The van der Waals surface area contributed by atoms with Crippen LogP contribution in [-0.2, 0) is 9.53 Å². The molecule has 0 unspecified atom stereocenters. The Labute approximate surface area is 152 Å². The highest BCUT2D eigenvalue weighted by molar-refractivity contribution is 6.12. The van der Waals surface area contributed by atoms with Crippen LogP contribution < -0.4 is 9.47 Å². The quantitative estimate of drug-likeness (QED) is 0.578. The third-order valence-corrected chi connectivity index (χ3v) is 3.57. The normalized spacial score (nSPS) is 15.2. The molecule has 0 N–H and O–H groups in total. The maximum atomic E-state index is 12.1. The molecule has 1 heterocycles. The van der Waals surface area contributed by atoms with Crippen molar-refractivity contribution >= 4 is 17.9 Å². The number of carbonyl (C=O) groups excluding carboxylic acids is 1. The summed E-state index contributed by atoms with van der Waals surface area (Å²) in [5, 5.41) is 0. The van der Waals surface area contributed by atoms with Gasteiger partial charge in [0.05, 0.1) is 12.7 Å². The Kier molecular flexibility index (Phi) is 5.37. The van der Waals surface area contributed by atoms with Crippen LogP contribution in [0.1, 0.15) is 31.9 Å². The zero-order valence-electron chi connectivity index (χ0n) is 15.1. The van der Waals surface area contributed by atoms with Crippen molar-refractivity contribution in [2.45, 2.75) is 26.9 Å². The van der Waals surface area contributed by atoms with Gasteiger partial charge < -0.3 is 14.2 Å². The molecule has 0 spiro atoms. The summed E-state index contributed by atoms with van der Waals surface area (Å²) >= 11 is 0. The summed E-state index contributed by atoms with van der Waals surface area (Å²) in [4.78, 5) is 16.4. The van der Waals surface area contributed by atoms with Gasteiger partial charge in [0.25, 0.3) is 0 Å². The van der Waals surface area contributed by atoms with Crippen molar-refractivity contribution in [1.82, 2.24) is 0 Å². The van der Waals surface area contributed by atoms with E-state index in [1.54, 1.807) is 6.08 Å². The maximum absolute atomic E-state index is 12.1. The molecule has 5 heteroatoms. The Morgan fingerprint density at radius 3 is 2.58 bits per heavy atom. The van der Waals surface area contributed by atoms with Crippen molar-refractivity contribution in [1.29, 1.82) is 0 Å². The minimum atomic E-state index is -0.468. The summed E-state index contributed by atoms with van der Waals surface area (Å²) in [6.07, 6.45) is 1.72. The van der Waals surface area contributed by atoms with Crippen LogP contribution in [0.2, 0.25) is 0 Å². The van der Waals surface area contributed by atoms with E-state index >= 15 is 0 Å². The molecule has 0 fully saturated rings. The lowest BCUT2D eigenvalue weighted by atomic mass is 10.1. The van der Waals surface area contributed by atoms with E-state index < -0.39 is 5.97 Å². The van der Waals surface area contributed by atoms with Crippen LogP contribution in [0, 0.1) is 0 Å². The third kappa shape index (κ3) is 4.11. The first kappa shape index (κ1) is 17.7. The van der Waals surface area contributed by atoms with E-state index in [1.165, 1.54) is 0 Å². The average molecular weight is 351 g/mol. The lowest BCUT2D eigenvalue weighted by molar-refractivity contribution is -0.129. The molecule has 0 radical (unpaired) electrons. The van der Waals surface area contributed by atoms with Gasteiger partial charge in [-0.15, -0.1) is 0 Å². The van der Waals surface area contributed by atoms with E-state index in [0.717, 1.165) is 11.1 Å². The fourth-order valence-corrected chi connectivity index (χ4v) is 2.51. The first-order chi connectivity index (χ1) is 12.6. The smallest absolute Gasteiger partial charge is 0.363 e. The fraction of sp³-hybridized carbons (Fsp3) is 0.238. The third-order valence-electron chi connectivity index (χ3n) is 3.57. The van der Waals surface area contributed by atoms with Crippen LogP contribution in [-0.4, -0.2) is 24.6 Å². The monoisotopic (exact) mass is 351 g/mol. The van der Waals surface area contributed by atoms with Gasteiger partial charge in [-0.05, 0) is 56.7 Å². The predicted octanol–water partition coefficient (Wildman–Crippen LogP) is 4.22. The van der Waals surface area contributed by atoms with Crippen molar-refractivity contribution in [3.63, 3.8) is 0 Å². The Morgan fingerprint density at radius 1 is 1.12 bits per heavy atom. The summed E-state index contributed by atoms with van der Waals surface area (Å²) in [7, 11) is 0. The van der Waals surface area contributed by atoms with Crippen LogP contribution in [0.4, 0.5) is 0 Å². The molecule has 3 rings (SSSR count). The summed E-state index contributed by atoms with van der Waals surface area (Å²) in [6.45, 7) is 6.35. The molecule has 2 aromatic carbocycles. The summed E-state index contributed by atoms with van der Waals surface area (Å²) in [6, 6.07) is 14.9. The van der Waals surface area contributed by atoms with E-state index in [0.29, 0.717) is 24.0 Å². The van der Waals surface area contributed by atoms with Gasteiger partial charge in [-0.25, -0.2) is 9.79 Å². The van der Waals surface area contributed by atoms with Gasteiger partial charge in [0, 0.05) is 5.56 Å². The van der Waals surface area contributed by atoms with Gasteiger partial charge in [0.1, 0.15) is 0 Å². The molecule has 0 amide bonds.